The Bertz CT molecular complexity index is 462. The molecule has 0 unspecified atom stereocenters. The first-order valence-corrected chi connectivity index (χ1v) is 8.16. The topological polar surface area (TPSA) is 44.4 Å². The molecule has 2 fully saturated rings. The summed E-state index contributed by atoms with van der Waals surface area (Å²) in [6, 6.07) is 10.9. The van der Waals surface area contributed by atoms with Crippen LogP contribution < -0.4 is 10.6 Å². The molecule has 1 amide bonds. The van der Waals surface area contributed by atoms with E-state index in [0.29, 0.717) is 6.04 Å². The lowest BCUT2D eigenvalue weighted by Gasteiger charge is -2.37. The molecule has 0 spiro atoms. The number of hydrogen-bond acceptors (Lipinski definition) is 3. The molecule has 0 saturated carbocycles. The molecule has 2 atom stereocenters. The fourth-order valence-electron chi connectivity index (χ4n) is 3.45. The highest BCUT2D eigenvalue weighted by Crippen LogP contribution is 2.21. The first kappa shape index (κ1) is 14.4. The molecule has 1 aromatic rings. The molecule has 0 radical (unpaired) electrons. The molecule has 2 N–H and O–H groups in total. The van der Waals surface area contributed by atoms with Crippen LogP contribution in [-0.4, -0.2) is 42.5 Å². The average Bonchev–Trinajstić information content (AvgIpc) is 2.73. The van der Waals surface area contributed by atoms with Crippen LogP contribution in [0.3, 0.4) is 0 Å². The van der Waals surface area contributed by atoms with E-state index < -0.39 is 0 Å². The van der Waals surface area contributed by atoms with Gasteiger partial charge in [-0.2, -0.15) is 0 Å². The van der Waals surface area contributed by atoms with E-state index in [-0.39, 0.29) is 11.9 Å². The van der Waals surface area contributed by atoms with Crippen molar-refractivity contribution in [2.24, 2.45) is 0 Å². The SMILES string of the molecule is O=C1NCCCC[C@H]1N1CCC[C@@H](Nc2ccccc2)C1. The van der Waals surface area contributed by atoms with Crippen molar-refractivity contribution in [1.82, 2.24) is 10.2 Å². The molecule has 4 heteroatoms. The summed E-state index contributed by atoms with van der Waals surface area (Å²) >= 11 is 0. The zero-order valence-electron chi connectivity index (χ0n) is 12.6. The molecule has 0 aliphatic carbocycles. The van der Waals surface area contributed by atoms with Crippen LogP contribution in [-0.2, 0) is 4.79 Å². The number of hydrogen-bond donors (Lipinski definition) is 2. The van der Waals surface area contributed by atoms with Gasteiger partial charge in [-0.1, -0.05) is 18.2 Å². The Labute approximate surface area is 126 Å². The summed E-state index contributed by atoms with van der Waals surface area (Å²) in [7, 11) is 0. The third-order valence-electron chi connectivity index (χ3n) is 4.54. The van der Waals surface area contributed by atoms with Gasteiger partial charge in [-0.25, -0.2) is 0 Å². The van der Waals surface area contributed by atoms with Crippen molar-refractivity contribution in [3.63, 3.8) is 0 Å². The summed E-state index contributed by atoms with van der Waals surface area (Å²) in [6.07, 6.45) is 5.61. The molecule has 0 bridgehead atoms. The standard InChI is InChI=1S/C17H25N3O/c21-17-16(10-4-5-11-18-17)20-12-6-9-15(13-20)19-14-7-2-1-3-8-14/h1-3,7-8,15-16,19H,4-6,9-13H2,(H,18,21)/t15-,16-/m1/s1. The first-order valence-electron chi connectivity index (χ1n) is 8.16. The van der Waals surface area contributed by atoms with E-state index in [1.165, 1.54) is 12.1 Å². The smallest absolute Gasteiger partial charge is 0.237 e. The second-order valence-corrected chi connectivity index (χ2v) is 6.15. The zero-order chi connectivity index (χ0) is 14.5. The molecular weight excluding hydrogens is 262 g/mol. The van der Waals surface area contributed by atoms with E-state index in [2.05, 4.69) is 39.8 Å². The van der Waals surface area contributed by atoms with Crippen LogP contribution in [0.1, 0.15) is 32.1 Å². The van der Waals surface area contributed by atoms with E-state index >= 15 is 0 Å². The van der Waals surface area contributed by atoms with Gasteiger partial charge < -0.3 is 10.6 Å². The summed E-state index contributed by atoms with van der Waals surface area (Å²) in [5.74, 6) is 0.230. The van der Waals surface area contributed by atoms with Gasteiger partial charge in [0.25, 0.3) is 0 Å². The van der Waals surface area contributed by atoms with Gasteiger partial charge in [0.05, 0.1) is 6.04 Å². The number of amides is 1. The second-order valence-electron chi connectivity index (χ2n) is 6.15. The summed E-state index contributed by atoms with van der Waals surface area (Å²) in [4.78, 5) is 14.6. The normalized spacial score (nSPS) is 27.7. The summed E-state index contributed by atoms with van der Waals surface area (Å²) < 4.78 is 0. The van der Waals surface area contributed by atoms with Crippen LogP contribution in [0.25, 0.3) is 0 Å². The molecule has 2 saturated heterocycles. The van der Waals surface area contributed by atoms with Crippen molar-refractivity contribution in [3.8, 4) is 0 Å². The molecule has 4 nitrogen and oxygen atoms in total. The predicted molar refractivity (Wildman–Crippen MR) is 85.3 cm³/mol. The van der Waals surface area contributed by atoms with Gasteiger partial charge in [0.2, 0.25) is 5.91 Å². The highest BCUT2D eigenvalue weighted by Gasteiger charge is 2.31. The van der Waals surface area contributed by atoms with E-state index in [9.17, 15) is 4.79 Å². The van der Waals surface area contributed by atoms with Gasteiger partial charge in [0.15, 0.2) is 0 Å². The van der Waals surface area contributed by atoms with Crippen LogP contribution in [0.2, 0.25) is 0 Å². The molecule has 2 aliphatic heterocycles. The lowest BCUT2D eigenvalue weighted by Crippen LogP contribution is -2.52. The van der Waals surface area contributed by atoms with Gasteiger partial charge in [-0.05, 0) is 50.8 Å². The zero-order valence-corrected chi connectivity index (χ0v) is 12.6. The van der Waals surface area contributed by atoms with Crippen LogP contribution in [0, 0.1) is 0 Å². The Kier molecular flexibility index (Phi) is 4.76. The highest BCUT2D eigenvalue weighted by molar-refractivity contribution is 5.81. The van der Waals surface area contributed by atoms with Gasteiger partial charge >= 0.3 is 0 Å². The number of rotatable bonds is 3. The molecule has 3 rings (SSSR count). The average molecular weight is 287 g/mol. The number of nitrogens with zero attached hydrogens (tertiary/aromatic N) is 1. The Morgan fingerprint density at radius 2 is 1.95 bits per heavy atom. The maximum absolute atomic E-state index is 12.2. The van der Waals surface area contributed by atoms with Gasteiger partial charge in [0.1, 0.15) is 0 Å². The minimum absolute atomic E-state index is 0.0767. The number of likely N-dealkylation sites (tertiary alicyclic amines) is 1. The number of carbonyl (C=O) groups excluding carboxylic acids is 1. The minimum Gasteiger partial charge on any atom is -0.381 e. The van der Waals surface area contributed by atoms with Gasteiger partial charge in [0, 0.05) is 24.8 Å². The van der Waals surface area contributed by atoms with Crippen molar-refractivity contribution in [1.29, 1.82) is 0 Å². The van der Waals surface area contributed by atoms with Crippen molar-refractivity contribution >= 4 is 11.6 Å². The largest absolute Gasteiger partial charge is 0.381 e. The number of para-hydroxylation sites is 1. The third kappa shape index (κ3) is 3.76. The maximum Gasteiger partial charge on any atom is 0.237 e. The lowest BCUT2D eigenvalue weighted by molar-refractivity contribution is -0.126. The van der Waals surface area contributed by atoms with Gasteiger partial charge in [-0.3, -0.25) is 9.69 Å². The van der Waals surface area contributed by atoms with Crippen molar-refractivity contribution in [2.75, 3.05) is 25.0 Å². The second kappa shape index (κ2) is 6.94. The Morgan fingerprint density at radius 1 is 1.10 bits per heavy atom. The number of nitrogens with one attached hydrogen (secondary N) is 2. The Balaban J connectivity index is 1.61. The third-order valence-corrected chi connectivity index (χ3v) is 4.54. The molecule has 21 heavy (non-hydrogen) atoms. The van der Waals surface area contributed by atoms with Crippen molar-refractivity contribution in [3.05, 3.63) is 30.3 Å². The molecule has 2 heterocycles. The number of carbonyl (C=O) groups is 1. The Hall–Kier alpha value is -1.55. The first-order chi connectivity index (χ1) is 10.3. The van der Waals surface area contributed by atoms with Crippen molar-refractivity contribution in [2.45, 2.75) is 44.2 Å². The predicted octanol–water partition coefficient (Wildman–Crippen LogP) is 2.23. The lowest BCUT2D eigenvalue weighted by atomic mass is 10.0. The Morgan fingerprint density at radius 3 is 2.81 bits per heavy atom. The summed E-state index contributed by atoms with van der Waals surface area (Å²) in [6.45, 7) is 2.85. The van der Waals surface area contributed by atoms with Gasteiger partial charge in [-0.15, -0.1) is 0 Å². The van der Waals surface area contributed by atoms with Crippen LogP contribution in [0.5, 0.6) is 0 Å². The molecule has 0 aromatic heterocycles. The fourth-order valence-corrected chi connectivity index (χ4v) is 3.45. The number of benzene rings is 1. The van der Waals surface area contributed by atoms with E-state index in [4.69, 9.17) is 0 Å². The van der Waals surface area contributed by atoms with E-state index in [0.717, 1.165) is 45.3 Å². The van der Waals surface area contributed by atoms with Crippen molar-refractivity contribution < 1.29 is 4.79 Å². The van der Waals surface area contributed by atoms with Crippen LogP contribution >= 0.6 is 0 Å². The highest BCUT2D eigenvalue weighted by atomic mass is 16.2. The van der Waals surface area contributed by atoms with Crippen LogP contribution in [0.4, 0.5) is 5.69 Å². The number of piperidine rings is 1. The van der Waals surface area contributed by atoms with E-state index in [1.54, 1.807) is 0 Å². The van der Waals surface area contributed by atoms with E-state index in [1.807, 2.05) is 6.07 Å². The molecule has 114 valence electrons. The molecule has 1 aromatic carbocycles. The molecule has 2 aliphatic rings. The number of anilines is 1. The summed E-state index contributed by atoms with van der Waals surface area (Å²) in [5.41, 5.74) is 1.18. The quantitative estimate of drug-likeness (QED) is 0.896. The molecular formula is C17H25N3O. The van der Waals surface area contributed by atoms with Crippen LogP contribution in [0.15, 0.2) is 30.3 Å². The fraction of sp³-hybridized carbons (Fsp3) is 0.588. The summed E-state index contributed by atoms with van der Waals surface area (Å²) in [5, 5.41) is 6.66. The monoisotopic (exact) mass is 287 g/mol. The maximum atomic E-state index is 12.2. The minimum atomic E-state index is 0.0767.